The lowest BCUT2D eigenvalue weighted by Crippen LogP contribution is -2.22. The van der Waals surface area contributed by atoms with Crippen LogP contribution in [0.2, 0.25) is 0 Å². The standard InChI is InChI=1S/C10H20O3/c1-4-5-6-8(2)9(11)7-10(12)13-3/h8-9,11H,4-7H2,1-3H3/t8-,9-/m1/s1. The van der Waals surface area contributed by atoms with Crippen LogP contribution in [-0.2, 0) is 9.53 Å². The van der Waals surface area contributed by atoms with E-state index in [1.54, 1.807) is 0 Å². The number of aliphatic hydroxyl groups excluding tert-OH is 1. The quantitative estimate of drug-likeness (QED) is 0.646. The number of carbonyl (C=O) groups is 1. The van der Waals surface area contributed by atoms with Gasteiger partial charge in [0.25, 0.3) is 0 Å². The van der Waals surface area contributed by atoms with Gasteiger partial charge in [0.05, 0.1) is 19.6 Å². The third-order valence-electron chi connectivity index (χ3n) is 2.27. The maximum absolute atomic E-state index is 10.8. The first kappa shape index (κ1) is 12.4. The summed E-state index contributed by atoms with van der Waals surface area (Å²) in [6.45, 7) is 4.07. The number of aliphatic hydroxyl groups is 1. The van der Waals surface area contributed by atoms with Crippen molar-refractivity contribution >= 4 is 5.97 Å². The Hall–Kier alpha value is -0.570. The van der Waals surface area contributed by atoms with Crippen LogP contribution in [0.25, 0.3) is 0 Å². The molecule has 1 N–H and O–H groups in total. The predicted molar refractivity (Wildman–Crippen MR) is 51.3 cm³/mol. The van der Waals surface area contributed by atoms with Crippen molar-refractivity contribution in [1.29, 1.82) is 0 Å². The van der Waals surface area contributed by atoms with Gasteiger partial charge < -0.3 is 9.84 Å². The minimum absolute atomic E-state index is 0.112. The molecule has 0 amide bonds. The summed E-state index contributed by atoms with van der Waals surface area (Å²) in [5.41, 5.74) is 0. The van der Waals surface area contributed by atoms with Gasteiger partial charge in [-0.2, -0.15) is 0 Å². The Morgan fingerprint density at radius 1 is 1.54 bits per heavy atom. The van der Waals surface area contributed by atoms with Crippen LogP contribution in [0.1, 0.15) is 39.5 Å². The van der Waals surface area contributed by atoms with Gasteiger partial charge in [-0.15, -0.1) is 0 Å². The van der Waals surface area contributed by atoms with Crippen molar-refractivity contribution in [3.8, 4) is 0 Å². The molecule has 2 atom stereocenters. The largest absolute Gasteiger partial charge is 0.469 e. The summed E-state index contributed by atoms with van der Waals surface area (Å²) in [6, 6.07) is 0. The number of unbranched alkanes of at least 4 members (excludes halogenated alkanes) is 1. The van der Waals surface area contributed by atoms with Gasteiger partial charge in [0, 0.05) is 0 Å². The van der Waals surface area contributed by atoms with Crippen molar-refractivity contribution in [1.82, 2.24) is 0 Å². The normalized spacial score (nSPS) is 15.1. The molecule has 0 aliphatic heterocycles. The predicted octanol–water partition coefficient (Wildman–Crippen LogP) is 1.74. The fraction of sp³-hybridized carbons (Fsp3) is 0.900. The molecule has 0 aliphatic carbocycles. The topological polar surface area (TPSA) is 46.5 Å². The molecule has 0 aromatic rings. The van der Waals surface area contributed by atoms with Crippen molar-refractivity contribution < 1.29 is 14.6 Å². The summed E-state index contributed by atoms with van der Waals surface area (Å²) in [5, 5.41) is 9.55. The number of hydrogen-bond donors (Lipinski definition) is 1. The second-order valence-corrected chi connectivity index (χ2v) is 3.47. The van der Waals surface area contributed by atoms with Crippen molar-refractivity contribution in [3.63, 3.8) is 0 Å². The Bertz CT molecular complexity index is 145. The second kappa shape index (κ2) is 6.89. The van der Waals surface area contributed by atoms with Gasteiger partial charge in [0.2, 0.25) is 0 Å². The van der Waals surface area contributed by atoms with Gasteiger partial charge in [-0.1, -0.05) is 26.7 Å². The average molecular weight is 188 g/mol. The fourth-order valence-electron chi connectivity index (χ4n) is 1.17. The molecule has 0 spiro atoms. The van der Waals surface area contributed by atoms with Crippen molar-refractivity contribution in [2.24, 2.45) is 5.92 Å². The summed E-state index contributed by atoms with van der Waals surface area (Å²) < 4.78 is 4.48. The number of methoxy groups -OCH3 is 1. The summed E-state index contributed by atoms with van der Waals surface area (Å²) >= 11 is 0. The van der Waals surface area contributed by atoms with Gasteiger partial charge in [0.1, 0.15) is 0 Å². The molecule has 0 aliphatic rings. The van der Waals surface area contributed by atoms with E-state index < -0.39 is 6.10 Å². The molecular formula is C10H20O3. The number of carbonyl (C=O) groups excluding carboxylic acids is 1. The fourth-order valence-corrected chi connectivity index (χ4v) is 1.17. The Labute approximate surface area is 80.1 Å². The van der Waals surface area contributed by atoms with Crippen LogP contribution < -0.4 is 0 Å². The Kier molecular flexibility index (Phi) is 6.59. The highest BCUT2D eigenvalue weighted by molar-refractivity contribution is 5.69. The Morgan fingerprint density at radius 3 is 2.62 bits per heavy atom. The molecule has 13 heavy (non-hydrogen) atoms. The van der Waals surface area contributed by atoms with Crippen LogP contribution in [-0.4, -0.2) is 24.3 Å². The van der Waals surface area contributed by atoms with E-state index in [9.17, 15) is 9.90 Å². The van der Waals surface area contributed by atoms with Gasteiger partial charge >= 0.3 is 5.97 Å². The molecule has 0 radical (unpaired) electrons. The van der Waals surface area contributed by atoms with Crippen molar-refractivity contribution in [2.45, 2.75) is 45.6 Å². The lowest BCUT2D eigenvalue weighted by atomic mass is 9.96. The van der Waals surface area contributed by atoms with Crippen LogP contribution in [0.15, 0.2) is 0 Å². The van der Waals surface area contributed by atoms with Gasteiger partial charge in [-0.3, -0.25) is 4.79 Å². The molecule has 0 aromatic carbocycles. The summed E-state index contributed by atoms with van der Waals surface area (Å²) in [6.07, 6.45) is 2.74. The maximum Gasteiger partial charge on any atom is 0.308 e. The zero-order chi connectivity index (χ0) is 10.3. The van der Waals surface area contributed by atoms with E-state index in [2.05, 4.69) is 11.7 Å². The number of ether oxygens (including phenoxy) is 1. The van der Waals surface area contributed by atoms with E-state index in [4.69, 9.17) is 0 Å². The van der Waals surface area contributed by atoms with Crippen molar-refractivity contribution in [2.75, 3.05) is 7.11 Å². The zero-order valence-electron chi connectivity index (χ0n) is 8.75. The van der Waals surface area contributed by atoms with Gasteiger partial charge in [-0.05, 0) is 12.3 Å². The van der Waals surface area contributed by atoms with E-state index in [0.29, 0.717) is 0 Å². The molecule has 0 unspecified atom stereocenters. The third kappa shape index (κ3) is 5.64. The third-order valence-corrected chi connectivity index (χ3v) is 2.27. The van der Waals surface area contributed by atoms with E-state index in [1.807, 2.05) is 6.92 Å². The van der Waals surface area contributed by atoms with Gasteiger partial charge in [-0.25, -0.2) is 0 Å². The van der Waals surface area contributed by atoms with E-state index >= 15 is 0 Å². The SMILES string of the molecule is CCCC[C@@H](C)[C@H](O)CC(=O)OC. The molecule has 0 heterocycles. The minimum atomic E-state index is -0.556. The minimum Gasteiger partial charge on any atom is -0.469 e. The molecule has 0 fully saturated rings. The van der Waals surface area contributed by atoms with Gasteiger partial charge in [0.15, 0.2) is 0 Å². The molecule has 3 nitrogen and oxygen atoms in total. The lowest BCUT2D eigenvalue weighted by molar-refractivity contribution is -0.143. The summed E-state index contributed by atoms with van der Waals surface area (Å²) in [4.78, 5) is 10.8. The Balaban J connectivity index is 3.68. The highest BCUT2D eigenvalue weighted by atomic mass is 16.5. The van der Waals surface area contributed by atoms with E-state index in [1.165, 1.54) is 7.11 Å². The van der Waals surface area contributed by atoms with Crippen LogP contribution >= 0.6 is 0 Å². The maximum atomic E-state index is 10.8. The van der Waals surface area contributed by atoms with Crippen LogP contribution in [0.4, 0.5) is 0 Å². The van der Waals surface area contributed by atoms with Crippen molar-refractivity contribution in [3.05, 3.63) is 0 Å². The molecule has 3 heteroatoms. The number of rotatable bonds is 6. The van der Waals surface area contributed by atoms with E-state index in [-0.39, 0.29) is 18.3 Å². The molecule has 0 aromatic heterocycles. The lowest BCUT2D eigenvalue weighted by Gasteiger charge is -2.16. The monoisotopic (exact) mass is 188 g/mol. The van der Waals surface area contributed by atoms with E-state index in [0.717, 1.165) is 19.3 Å². The average Bonchev–Trinajstić information content (AvgIpc) is 2.13. The molecule has 0 saturated carbocycles. The number of hydrogen-bond acceptors (Lipinski definition) is 3. The smallest absolute Gasteiger partial charge is 0.308 e. The first-order valence-corrected chi connectivity index (χ1v) is 4.86. The van der Waals surface area contributed by atoms with Crippen LogP contribution in [0.3, 0.4) is 0 Å². The summed E-state index contributed by atoms with van der Waals surface area (Å²) in [7, 11) is 1.34. The molecule has 0 bridgehead atoms. The highest BCUT2D eigenvalue weighted by Crippen LogP contribution is 2.14. The second-order valence-electron chi connectivity index (χ2n) is 3.47. The molecule has 0 saturated heterocycles. The van der Waals surface area contributed by atoms with Crippen LogP contribution in [0.5, 0.6) is 0 Å². The highest BCUT2D eigenvalue weighted by Gasteiger charge is 2.17. The molecule has 0 rings (SSSR count). The van der Waals surface area contributed by atoms with Crippen LogP contribution in [0, 0.1) is 5.92 Å². The molecular weight excluding hydrogens is 168 g/mol. The molecule has 78 valence electrons. The summed E-state index contributed by atoms with van der Waals surface area (Å²) in [5.74, 6) is -0.158. The zero-order valence-corrected chi connectivity index (χ0v) is 8.75. The Morgan fingerprint density at radius 2 is 2.15 bits per heavy atom. The number of esters is 1. The first-order chi connectivity index (χ1) is 6.11. The first-order valence-electron chi connectivity index (χ1n) is 4.86.